The Kier molecular flexibility index (Phi) is 8.38. The van der Waals surface area contributed by atoms with Crippen LogP contribution in [0.4, 0.5) is 23.2 Å². The van der Waals surface area contributed by atoms with Gasteiger partial charge in [-0.3, -0.25) is 0 Å². The maximum atomic E-state index is 14.8. The first-order valence-electron chi connectivity index (χ1n) is 13.0. The third kappa shape index (κ3) is 5.62. The van der Waals surface area contributed by atoms with Crippen LogP contribution in [0.15, 0.2) is 90.4 Å². The maximum absolute atomic E-state index is 14.8. The maximum Gasteiger partial charge on any atom is 0.206 e. The monoisotopic (exact) mass is 561 g/mol. The molecule has 4 aromatic rings. The number of hydrogen-bond acceptors (Lipinski definition) is 3. The molecule has 1 N–H and O–H groups in total. The van der Waals surface area contributed by atoms with Crippen molar-refractivity contribution >= 4 is 11.9 Å². The van der Waals surface area contributed by atoms with Gasteiger partial charge in [0.2, 0.25) is 11.6 Å². The largest absolute Gasteiger partial charge is 0.507 e. The zero-order valence-corrected chi connectivity index (χ0v) is 23.3. The van der Waals surface area contributed by atoms with Crippen molar-refractivity contribution in [2.45, 2.75) is 38.5 Å². The van der Waals surface area contributed by atoms with Gasteiger partial charge in [-0.15, -0.1) is 0 Å². The Morgan fingerprint density at radius 2 is 1.27 bits per heavy atom. The molecule has 7 heteroatoms. The molecule has 0 spiro atoms. The Labute approximate surface area is 237 Å². The van der Waals surface area contributed by atoms with Gasteiger partial charge in [-0.25, -0.2) is 13.8 Å². The summed E-state index contributed by atoms with van der Waals surface area (Å²) in [7, 11) is 0. The van der Waals surface area contributed by atoms with E-state index in [-0.39, 0.29) is 17.9 Å². The molecule has 0 fully saturated rings. The van der Waals surface area contributed by atoms with Gasteiger partial charge in [0.05, 0.1) is 0 Å². The molecular weight excluding hydrogens is 530 g/mol. The van der Waals surface area contributed by atoms with E-state index >= 15 is 0 Å². The summed E-state index contributed by atoms with van der Waals surface area (Å²) in [6.07, 6.45) is 2.19. The summed E-state index contributed by atoms with van der Waals surface area (Å²) in [6, 6.07) is 22.8. The number of hydrogen-bond donors (Lipinski definition) is 1. The molecule has 0 radical (unpaired) electrons. The number of nitrogens with zero attached hydrogens (tertiary/aromatic N) is 1. The lowest BCUT2D eigenvalue weighted by molar-refractivity contribution is 0.303. The van der Waals surface area contributed by atoms with Gasteiger partial charge in [-0.05, 0) is 22.8 Å². The average Bonchev–Trinajstić information content (AvgIpc) is 2.97. The van der Waals surface area contributed by atoms with Crippen LogP contribution in [-0.2, 0) is 10.8 Å². The second-order valence-corrected chi connectivity index (χ2v) is 10.7. The summed E-state index contributed by atoms with van der Waals surface area (Å²) < 4.78 is 63.6. The fraction of sp³-hybridized carbons (Fsp3) is 0.206. The van der Waals surface area contributed by atoms with Crippen LogP contribution in [-0.4, -0.2) is 17.9 Å². The summed E-state index contributed by atoms with van der Waals surface area (Å²) >= 11 is 0. The van der Waals surface area contributed by atoms with E-state index in [1.807, 2.05) is 94.4 Å². The number of aromatic hydroxyl groups is 1. The Morgan fingerprint density at radius 1 is 0.756 bits per heavy atom. The number of halogens is 4. The van der Waals surface area contributed by atoms with Gasteiger partial charge >= 0.3 is 0 Å². The van der Waals surface area contributed by atoms with Crippen LogP contribution in [0.3, 0.4) is 0 Å². The highest BCUT2D eigenvalue weighted by Crippen LogP contribution is 2.43. The minimum atomic E-state index is -1.72. The number of phenols is 1. The van der Waals surface area contributed by atoms with E-state index in [0.29, 0.717) is 5.56 Å². The number of ether oxygens (including phenoxy) is 1. The fourth-order valence-corrected chi connectivity index (χ4v) is 4.74. The van der Waals surface area contributed by atoms with Gasteiger partial charge in [0, 0.05) is 28.2 Å². The summed E-state index contributed by atoms with van der Waals surface area (Å²) in [5.74, 6) is -8.24. The SMILES string of the molecule is C=CCOc1c(F)c(F)c(N=Cc2cc(C(C)(C)c3ccccc3)cc(C(C)(C)c3ccccc3)c2O)c(F)c1F. The molecule has 0 bridgehead atoms. The van der Waals surface area contributed by atoms with Crippen molar-refractivity contribution in [2.24, 2.45) is 4.99 Å². The normalized spacial score (nSPS) is 12.1. The van der Waals surface area contributed by atoms with E-state index in [9.17, 15) is 22.7 Å². The summed E-state index contributed by atoms with van der Waals surface area (Å²) in [5.41, 5.74) is 0.927. The zero-order chi connectivity index (χ0) is 29.9. The molecule has 0 saturated heterocycles. The van der Waals surface area contributed by atoms with E-state index in [0.717, 1.165) is 22.9 Å². The molecule has 0 aliphatic carbocycles. The number of aliphatic imine (C=N–C) groups is 1. The number of phenolic OH excluding ortho intramolecular Hbond substituents is 1. The molecule has 0 heterocycles. The lowest BCUT2D eigenvalue weighted by Gasteiger charge is -2.32. The summed E-state index contributed by atoms with van der Waals surface area (Å²) in [4.78, 5) is 3.78. The van der Waals surface area contributed by atoms with Crippen molar-refractivity contribution in [3.8, 4) is 11.5 Å². The Bertz CT molecular complexity index is 1570. The third-order valence-electron chi connectivity index (χ3n) is 7.40. The predicted octanol–water partition coefficient (Wildman–Crippen LogP) is 8.92. The van der Waals surface area contributed by atoms with Gasteiger partial charge in [-0.2, -0.15) is 8.78 Å². The molecule has 0 atom stereocenters. The Balaban J connectivity index is 1.92. The molecule has 0 unspecified atom stereocenters. The third-order valence-corrected chi connectivity index (χ3v) is 7.40. The Morgan fingerprint density at radius 3 is 1.78 bits per heavy atom. The lowest BCUT2D eigenvalue weighted by Crippen LogP contribution is -2.24. The molecule has 41 heavy (non-hydrogen) atoms. The molecular formula is C34H31F4NO2. The van der Waals surface area contributed by atoms with Crippen LogP contribution >= 0.6 is 0 Å². The highest BCUT2D eigenvalue weighted by Gasteiger charge is 2.32. The lowest BCUT2D eigenvalue weighted by atomic mass is 9.72. The quantitative estimate of drug-likeness (QED) is 0.0960. The highest BCUT2D eigenvalue weighted by molar-refractivity contribution is 5.87. The molecule has 3 nitrogen and oxygen atoms in total. The second kappa shape index (κ2) is 11.6. The van der Waals surface area contributed by atoms with Crippen LogP contribution in [0.1, 0.15) is 55.5 Å². The number of rotatable bonds is 9. The van der Waals surface area contributed by atoms with Gasteiger partial charge in [0.25, 0.3) is 0 Å². The molecule has 0 amide bonds. The molecule has 212 valence electrons. The van der Waals surface area contributed by atoms with Crippen LogP contribution in [0.25, 0.3) is 0 Å². The van der Waals surface area contributed by atoms with Gasteiger partial charge < -0.3 is 9.84 Å². The van der Waals surface area contributed by atoms with E-state index in [2.05, 4.69) is 11.6 Å². The van der Waals surface area contributed by atoms with Crippen molar-refractivity contribution in [3.63, 3.8) is 0 Å². The van der Waals surface area contributed by atoms with Crippen molar-refractivity contribution in [1.29, 1.82) is 0 Å². The van der Waals surface area contributed by atoms with Gasteiger partial charge in [0.15, 0.2) is 17.4 Å². The van der Waals surface area contributed by atoms with E-state index in [1.165, 1.54) is 6.08 Å². The van der Waals surface area contributed by atoms with Crippen molar-refractivity contribution < 1.29 is 27.4 Å². The van der Waals surface area contributed by atoms with Crippen molar-refractivity contribution in [2.75, 3.05) is 6.61 Å². The second-order valence-electron chi connectivity index (χ2n) is 10.7. The van der Waals surface area contributed by atoms with Crippen LogP contribution < -0.4 is 4.74 Å². The molecule has 0 aromatic heterocycles. The molecule has 4 aromatic carbocycles. The predicted molar refractivity (Wildman–Crippen MR) is 154 cm³/mol. The average molecular weight is 562 g/mol. The first-order valence-corrected chi connectivity index (χ1v) is 13.0. The van der Waals surface area contributed by atoms with Crippen molar-refractivity contribution in [1.82, 2.24) is 0 Å². The summed E-state index contributed by atoms with van der Waals surface area (Å²) in [5, 5.41) is 11.5. The van der Waals surface area contributed by atoms with Crippen LogP contribution in [0, 0.1) is 23.3 Å². The molecule has 0 aliphatic heterocycles. The smallest absolute Gasteiger partial charge is 0.206 e. The number of benzene rings is 4. The fourth-order valence-electron chi connectivity index (χ4n) is 4.74. The highest BCUT2D eigenvalue weighted by atomic mass is 19.2. The topological polar surface area (TPSA) is 41.8 Å². The van der Waals surface area contributed by atoms with Gasteiger partial charge in [0.1, 0.15) is 18.0 Å². The molecule has 4 rings (SSSR count). The first-order chi connectivity index (χ1) is 19.4. The first kappa shape index (κ1) is 29.6. The van der Waals surface area contributed by atoms with Crippen LogP contribution in [0.5, 0.6) is 11.5 Å². The van der Waals surface area contributed by atoms with Crippen LogP contribution in [0.2, 0.25) is 0 Å². The van der Waals surface area contributed by atoms with Crippen molar-refractivity contribution in [3.05, 3.63) is 137 Å². The zero-order valence-electron chi connectivity index (χ0n) is 23.3. The standard InChI is InChI=1S/C34H31F4NO2/c1-6-17-41-32-28(37)26(35)30(27(36)29(32)38)39-20-21-18-24(33(2,3)22-13-9-7-10-14-22)19-25(31(21)40)34(4,5)23-15-11-8-12-16-23/h6-16,18-20,40H,1,17H2,2-5H3. The summed E-state index contributed by atoms with van der Waals surface area (Å²) in [6.45, 7) is 10.9. The van der Waals surface area contributed by atoms with E-state index < -0.39 is 45.5 Å². The Hall–Kier alpha value is -4.39. The van der Waals surface area contributed by atoms with E-state index in [1.54, 1.807) is 6.07 Å². The minimum absolute atomic E-state index is 0.122. The minimum Gasteiger partial charge on any atom is -0.507 e. The molecule has 0 saturated carbocycles. The van der Waals surface area contributed by atoms with Gasteiger partial charge in [-0.1, -0.05) is 107 Å². The van der Waals surface area contributed by atoms with E-state index in [4.69, 9.17) is 4.74 Å². The molecule has 0 aliphatic rings.